The van der Waals surface area contributed by atoms with E-state index in [2.05, 4.69) is 27.3 Å². The summed E-state index contributed by atoms with van der Waals surface area (Å²) in [5, 5.41) is 11.8. The lowest BCUT2D eigenvalue weighted by atomic mass is 10.2. The largest absolute Gasteiger partial charge is 0.453 e. The molecule has 76 valence electrons. The van der Waals surface area contributed by atoms with Crippen molar-refractivity contribution < 1.29 is 4.42 Å². The average molecular weight is 257 g/mol. The Morgan fingerprint density at radius 2 is 2.29 bits per heavy atom. The lowest BCUT2D eigenvalue weighted by Gasteiger charge is -2.11. The van der Waals surface area contributed by atoms with Crippen LogP contribution < -0.4 is 5.32 Å². The summed E-state index contributed by atoms with van der Waals surface area (Å²) in [6.07, 6.45) is 0. The van der Waals surface area contributed by atoms with Gasteiger partial charge in [-0.05, 0) is 41.9 Å². The highest BCUT2D eigenvalue weighted by molar-refractivity contribution is 9.10. The molecule has 0 radical (unpaired) electrons. The summed E-state index contributed by atoms with van der Waals surface area (Å²) in [4.78, 5) is 0. The van der Waals surface area contributed by atoms with Crippen LogP contribution in [0.25, 0.3) is 0 Å². The fourth-order valence-corrected chi connectivity index (χ4v) is 1.38. The first-order valence-corrected chi connectivity index (χ1v) is 5.31. The number of hydrogen-bond acceptors (Lipinski definition) is 3. The van der Waals surface area contributed by atoms with Gasteiger partial charge in [0.15, 0.2) is 4.67 Å². The summed E-state index contributed by atoms with van der Waals surface area (Å²) < 4.78 is 6.11. The van der Waals surface area contributed by atoms with Crippen LogP contribution in [0.5, 0.6) is 0 Å². The van der Waals surface area contributed by atoms with Crippen LogP contribution in [0.1, 0.15) is 25.6 Å². The molecule has 4 heteroatoms. The highest BCUT2D eigenvalue weighted by atomic mass is 79.9. The number of rotatable bonds is 4. The Kier molecular flexibility index (Phi) is 4.18. The number of nitrogens with zero attached hydrogens (tertiary/aromatic N) is 1. The molecule has 0 fully saturated rings. The molecule has 1 aromatic rings. The molecule has 0 aliphatic carbocycles. The highest BCUT2D eigenvalue weighted by Crippen LogP contribution is 2.19. The molecule has 1 rings (SSSR count). The molecule has 3 nitrogen and oxygen atoms in total. The van der Waals surface area contributed by atoms with E-state index in [-0.39, 0.29) is 12.0 Å². The Hall–Kier alpha value is -0.790. The molecule has 0 spiro atoms. The lowest BCUT2D eigenvalue weighted by Crippen LogP contribution is -2.23. The molecule has 14 heavy (non-hydrogen) atoms. The van der Waals surface area contributed by atoms with E-state index in [4.69, 9.17) is 9.68 Å². The minimum absolute atomic E-state index is 0.0239. The van der Waals surface area contributed by atoms with E-state index in [1.165, 1.54) is 0 Å². The van der Waals surface area contributed by atoms with Crippen LogP contribution in [0.3, 0.4) is 0 Å². The number of nitrogens with one attached hydrogen (secondary N) is 1. The monoisotopic (exact) mass is 256 g/mol. The zero-order valence-corrected chi connectivity index (χ0v) is 9.84. The van der Waals surface area contributed by atoms with Crippen LogP contribution in [-0.2, 0) is 0 Å². The Labute approximate surface area is 92.2 Å². The summed E-state index contributed by atoms with van der Waals surface area (Å²) in [6.45, 7) is 4.57. The van der Waals surface area contributed by atoms with E-state index in [1.54, 1.807) is 0 Å². The van der Waals surface area contributed by atoms with Crippen LogP contribution >= 0.6 is 15.9 Å². The van der Waals surface area contributed by atoms with Gasteiger partial charge in [0.05, 0.1) is 18.0 Å². The van der Waals surface area contributed by atoms with Crippen LogP contribution in [-0.4, -0.2) is 6.54 Å². The molecule has 0 bridgehead atoms. The predicted molar refractivity (Wildman–Crippen MR) is 57.6 cm³/mol. The fourth-order valence-electron chi connectivity index (χ4n) is 1.06. The van der Waals surface area contributed by atoms with Gasteiger partial charge in [0.25, 0.3) is 0 Å². The zero-order valence-electron chi connectivity index (χ0n) is 8.25. The van der Waals surface area contributed by atoms with Crippen molar-refractivity contribution in [1.82, 2.24) is 5.32 Å². The number of furan rings is 1. The normalized spacial score (nSPS) is 14.7. The Balaban J connectivity index is 2.43. The summed E-state index contributed by atoms with van der Waals surface area (Å²) in [7, 11) is 0. The second-order valence-corrected chi connectivity index (χ2v) is 4.08. The maximum absolute atomic E-state index is 8.60. The topological polar surface area (TPSA) is 49.0 Å². The molecule has 0 aromatic carbocycles. The summed E-state index contributed by atoms with van der Waals surface area (Å²) in [5.41, 5.74) is 0. The van der Waals surface area contributed by atoms with E-state index in [1.807, 2.05) is 26.0 Å². The third-order valence-corrected chi connectivity index (χ3v) is 2.40. The van der Waals surface area contributed by atoms with Crippen molar-refractivity contribution in [1.29, 1.82) is 5.26 Å². The van der Waals surface area contributed by atoms with Gasteiger partial charge >= 0.3 is 0 Å². The summed E-state index contributed by atoms with van der Waals surface area (Å²) in [6, 6.07) is 6.09. The van der Waals surface area contributed by atoms with Crippen molar-refractivity contribution in [2.45, 2.75) is 19.9 Å². The second-order valence-electron chi connectivity index (χ2n) is 3.30. The van der Waals surface area contributed by atoms with Gasteiger partial charge in [0, 0.05) is 6.54 Å². The first kappa shape index (κ1) is 11.3. The molecule has 2 unspecified atom stereocenters. The number of nitriles is 1. The van der Waals surface area contributed by atoms with Crippen molar-refractivity contribution in [3.63, 3.8) is 0 Å². The smallest absolute Gasteiger partial charge is 0.169 e. The Bertz CT molecular complexity index is 329. The molecule has 1 heterocycles. The van der Waals surface area contributed by atoms with Crippen LogP contribution in [0.15, 0.2) is 21.2 Å². The molecular weight excluding hydrogens is 244 g/mol. The quantitative estimate of drug-likeness (QED) is 0.902. The maximum atomic E-state index is 8.60. The van der Waals surface area contributed by atoms with Crippen molar-refractivity contribution in [2.24, 2.45) is 5.92 Å². The molecule has 0 saturated heterocycles. The fraction of sp³-hybridized carbons (Fsp3) is 0.500. The second kappa shape index (κ2) is 5.18. The summed E-state index contributed by atoms with van der Waals surface area (Å²) >= 11 is 3.25. The van der Waals surface area contributed by atoms with Crippen molar-refractivity contribution in [3.05, 3.63) is 22.6 Å². The van der Waals surface area contributed by atoms with Gasteiger partial charge < -0.3 is 9.73 Å². The van der Waals surface area contributed by atoms with Crippen molar-refractivity contribution in [3.8, 4) is 6.07 Å². The van der Waals surface area contributed by atoms with Gasteiger partial charge in [0.1, 0.15) is 5.76 Å². The van der Waals surface area contributed by atoms with Gasteiger partial charge in [-0.2, -0.15) is 5.26 Å². The van der Waals surface area contributed by atoms with E-state index >= 15 is 0 Å². The molecule has 2 atom stereocenters. The minimum Gasteiger partial charge on any atom is -0.453 e. The molecule has 1 aromatic heterocycles. The van der Waals surface area contributed by atoms with Crippen LogP contribution in [0.4, 0.5) is 0 Å². The standard InChI is InChI=1S/C10H13BrN2O/c1-7(5-12)6-13-8(2)9-3-4-10(11)14-9/h3-4,7-8,13H,6H2,1-2H3. The average Bonchev–Trinajstić information content (AvgIpc) is 2.60. The zero-order chi connectivity index (χ0) is 10.6. The van der Waals surface area contributed by atoms with E-state index in [0.717, 1.165) is 10.4 Å². The van der Waals surface area contributed by atoms with Gasteiger partial charge in [0.2, 0.25) is 0 Å². The molecular formula is C10H13BrN2O. The first-order valence-electron chi connectivity index (χ1n) is 4.51. The number of halogens is 1. The molecule has 0 aliphatic heterocycles. The van der Waals surface area contributed by atoms with Crippen LogP contribution in [0, 0.1) is 17.2 Å². The molecule has 1 N–H and O–H groups in total. The molecule has 0 saturated carbocycles. The van der Waals surface area contributed by atoms with Gasteiger partial charge in [-0.15, -0.1) is 0 Å². The highest BCUT2D eigenvalue weighted by Gasteiger charge is 2.10. The van der Waals surface area contributed by atoms with E-state index < -0.39 is 0 Å². The Morgan fingerprint density at radius 1 is 1.57 bits per heavy atom. The van der Waals surface area contributed by atoms with Crippen LogP contribution in [0.2, 0.25) is 0 Å². The lowest BCUT2D eigenvalue weighted by molar-refractivity contribution is 0.410. The summed E-state index contributed by atoms with van der Waals surface area (Å²) in [5.74, 6) is 0.901. The first-order chi connectivity index (χ1) is 6.63. The van der Waals surface area contributed by atoms with Crippen molar-refractivity contribution >= 4 is 15.9 Å². The maximum Gasteiger partial charge on any atom is 0.169 e. The molecule has 0 amide bonds. The third kappa shape index (κ3) is 3.17. The minimum atomic E-state index is 0.0239. The van der Waals surface area contributed by atoms with Gasteiger partial charge in [-0.3, -0.25) is 0 Å². The number of hydrogen-bond donors (Lipinski definition) is 1. The molecule has 0 aliphatic rings. The Morgan fingerprint density at radius 3 is 2.79 bits per heavy atom. The third-order valence-electron chi connectivity index (χ3n) is 1.97. The van der Waals surface area contributed by atoms with Crippen molar-refractivity contribution in [2.75, 3.05) is 6.54 Å². The van der Waals surface area contributed by atoms with E-state index in [0.29, 0.717) is 6.54 Å². The predicted octanol–water partition coefficient (Wildman–Crippen LogP) is 2.85. The van der Waals surface area contributed by atoms with Gasteiger partial charge in [-0.1, -0.05) is 0 Å². The SMILES string of the molecule is CC(C#N)CNC(C)c1ccc(Br)o1. The van der Waals surface area contributed by atoms with E-state index in [9.17, 15) is 0 Å². The van der Waals surface area contributed by atoms with Gasteiger partial charge in [-0.25, -0.2) is 0 Å².